The van der Waals surface area contributed by atoms with Gasteiger partial charge in [0.2, 0.25) is 5.91 Å². The van der Waals surface area contributed by atoms with Crippen LogP contribution in [0.15, 0.2) is 42.5 Å². The Labute approximate surface area is 185 Å². The maximum Gasteiger partial charge on any atom is 0.270 e. The molecule has 0 N–H and O–H groups in total. The molecule has 0 aliphatic carbocycles. The van der Waals surface area contributed by atoms with E-state index in [1.54, 1.807) is 16.9 Å². The summed E-state index contributed by atoms with van der Waals surface area (Å²) in [5.74, 6) is 0.455. The van der Waals surface area contributed by atoms with Gasteiger partial charge in [0.15, 0.2) is 0 Å². The van der Waals surface area contributed by atoms with Crippen LogP contribution in [0.5, 0.6) is 5.75 Å². The van der Waals surface area contributed by atoms with Crippen molar-refractivity contribution in [1.29, 1.82) is 0 Å². The van der Waals surface area contributed by atoms with Gasteiger partial charge in [-0.1, -0.05) is 23.7 Å². The van der Waals surface area contributed by atoms with E-state index in [1.807, 2.05) is 24.3 Å². The molecule has 0 saturated carbocycles. The van der Waals surface area contributed by atoms with Gasteiger partial charge < -0.3 is 14.5 Å². The van der Waals surface area contributed by atoms with Crippen molar-refractivity contribution in [2.45, 2.75) is 19.3 Å². The Morgan fingerprint density at radius 2 is 1.74 bits per heavy atom. The summed E-state index contributed by atoms with van der Waals surface area (Å²) in [4.78, 5) is 39.4. The van der Waals surface area contributed by atoms with Crippen LogP contribution in [0.4, 0.5) is 5.69 Å². The maximum absolute atomic E-state index is 12.9. The Morgan fingerprint density at radius 1 is 1.06 bits per heavy atom. The molecule has 1 aliphatic rings. The van der Waals surface area contributed by atoms with Gasteiger partial charge in [0.1, 0.15) is 5.75 Å². The standard InChI is InChI=1S/C22H24ClN3O5/c1-31-18-7-3-16(4-8-18)5-10-21(27)24-11-2-12-25(14-13-24)22(28)19-15-17(26(29)30)6-9-20(19)23/h3-4,6-9,15H,2,5,10-14H2,1H3. The highest BCUT2D eigenvalue weighted by atomic mass is 35.5. The summed E-state index contributed by atoms with van der Waals surface area (Å²) in [6.07, 6.45) is 1.65. The highest BCUT2D eigenvalue weighted by Crippen LogP contribution is 2.24. The van der Waals surface area contributed by atoms with E-state index in [4.69, 9.17) is 16.3 Å². The van der Waals surface area contributed by atoms with Gasteiger partial charge in [-0.25, -0.2) is 0 Å². The lowest BCUT2D eigenvalue weighted by molar-refractivity contribution is -0.384. The van der Waals surface area contributed by atoms with Crippen LogP contribution < -0.4 is 4.74 Å². The van der Waals surface area contributed by atoms with Crippen LogP contribution in [0.25, 0.3) is 0 Å². The van der Waals surface area contributed by atoms with E-state index >= 15 is 0 Å². The average molecular weight is 446 g/mol. The first kappa shape index (κ1) is 22.6. The number of amides is 2. The van der Waals surface area contributed by atoms with E-state index in [0.717, 1.165) is 11.3 Å². The second-order valence-corrected chi connectivity index (χ2v) is 7.70. The first-order valence-corrected chi connectivity index (χ1v) is 10.4. The van der Waals surface area contributed by atoms with E-state index < -0.39 is 4.92 Å². The van der Waals surface area contributed by atoms with Crippen molar-refractivity contribution < 1.29 is 19.2 Å². The van der Waals surface area contributed by atoms with Crippen molar-refractivity contribution in [1.82, 2.24) is 9.80 Å². The second-order valence-electron chi connectivity index (χ2n) is 7.30. The van der Waals surface area contributed by atoms with E-state index in [0.29, 0.717) is 45.4 Å². The number of nitrogens with zero attached hydrogens (tertiary/aromatic N) is 3. The monoisotopic (exact) mass is 445 g/mol. The maximum atomic E-state index is 12.9. The Morgan fingerprint density at radius 3 is 2.42 bits per heavy atom. The third-order valence-corrected chi connectivity index (χ3v) is 5.64. The lowest BCUT2D eigenvalue weighted by Gasteiger charge is -2.22. The number of carbonyl (C=O) groups is 2. The van der Waals surface area contributed by atoms with Crippen molar-refractivity contribution in [2.24, 2.45) is 0 Å². The first-order chi connectivity index (χ1) is 14.9. The van der Waals surface area contributed by atoms with Crippen molar-refractivity contribution in [2.75, 3.05) is 33.3 Å². The Bertz CT molecular complexity index is 964. The van der Waals surface area contributed by atoms with E-state index in [-0.39, 0.29) is 28.1 Å². The number of ether oxygens (including phenoxy) is 1. The molecule has 0 atom stereocenters. The number of halogens is 1. The normalized spacial score (nSPS) is 14.1. The minimum Gasteiger partial charge on any atom is -0.497 e. The van der Waals surface area contributed by atoms with E-state index in [2.05, 4.69) is 0 Å². The number of hydrogen-bond donors (Lipinski definition) is 0. The number of aryl methyl sites for hydroxylation is 1. The van der Waals surface area contributed by atoms with Crippen LogP contribution in [0.3, 0.4) is 0 Å². The number of nitro groups is 1. The molecule has 1 heterocycles. The molecule has 0 unspecified atom stereocenters. The summed E-state index contributed by atoms with van der Waals surface area (Å²) in [5.41, 5.74) is 0.981. The first-order valence-electron chi connectivity index (χ1n) is 10.0. The third-order valence-electron chi connectivity index (χ3n) is 5.31. The lowest BCUT2D eigenvalue weighted by atomic mass is 10.1. The van der Waals surface area contributed by atoms with Gasteiger partial charge in [-0.2, -0.15) is 0 Å². The Balaban J connectivity index is 1.58. The summed E-state index contributed by atoms with van der Waals surface area (Å²) in [6.45, 7) is 1.79. The second kappa shape index (κ2) is 10.3. The van der Waals surface area contributed by atoms with Crippen LogP contribution >= 0.6 is 11.6 Å². The molecule has 3 rings (SSSR count). The zero-order chi connectivity index (χ0) is 22.4. The molecule has 31 heavy (non-hydrogen) atoms. The Kier molecular flexibility index (Phi) is 7.46. The number of rotatable bonds is 6. The number of methoxy groups -OCH3 is 1. The number of hydrogen-bond acceptors (Lipinski definition) is 5. The molecule has 1 aliphatic heterocycles. The third kappa shape index (κ3) is 5.73. The molecule has 1 saturated heterocycles. The van der Waals surface area contributed by atoms with Gasteiger partial charge in [-0.05, 0) is 36.6 Å². The predicted octanol–water partition coefficient (Wildman–Crippen LogP) is 3.56. The number of nitro benzene ring substituents is 1. The lowest BCUT2D eigenvalue weighted by Crippen LogP contribution is -2.37. The van der Waals surface area contributed by atoms with E-state index in [1.165, 1.54) is 18.2 Å². The van der Waals surface area contributed by atoms with Crippen molar-refractivity contribution in [3.8, 4) is 5.75 Å². The predicted molar refractivity (Wildman–Crippen MR) is 117 cm³/mol. The fraction of sp³-hybridized carbons (Fsp3) is 0.364. The highest BCUT2D eigenvalue weighted by Gasteiger charge is 2.25. The molecular formula is C22H24ClN3O5. The van der Waals surface area contributed by atoms with Gasteiger partial charge in [0.25, 0.3) is 11.6 Å². The molecule has 164 valence electrons. The highest BCUT2D eigenvalue weighted by molar-refractivity contribution is 6.33. The quantitative estimate of drug-likeness (QED) is 0.500. The number of carbonyl (C=O) groups excluding carboxylic acids is 2. The zero-order valence-electron chi connectivity index (χ0n) is 17.3. The van der Waals surface area contributed by atoms with Gasteiger partial charge in [-0.3, -0.25) is 19.7 Å². The van der Waals surface area contributed by atoms with Crippen LogP contribution in [0, 0.1) is 10.1 Å². The van der Waals surface area contributed by atoms with Gasteiger partial charge in [-0.15, -0.1) is 0 Å². The molecule has 0 bridgehead atoms. The van der Waals surface area contributed by atoms with Crippen molar-refractivity contribution in [3.05, 3.63) is 68.7 Å². The molecule has 0 radical (unpaired) electrons. The number of benzene rings is 2. The van der Waals surface area contributed by atoms with E-state index in [9.17, 15) is 19.7 Å². The molecule has 2 amide bonds. The summed E-state index contributed by atoms with van der Waals surface area (Å²) < 4.78 is 5.14. The van der Waals surface area contributed by atoms with Crippen molar-refractivity contribution >= 4 is 29.1 Å². The van der Waals surface area contributed by atoms with Crippen LogP contribution in [0.1, 0.15) is 28.8 Å². The molecule has 0 spiro atoms. The minimum atomic E-state index is -0.557. The molecule has 2 aromatic rings. The number of non-ortho nitro benzene ring substituents is 1. The minimum absolute atomic E-state index is 0.0403. The molecule has 2 aromatic carbocycles. The smallest absolute Gasteiger partial charge is 0.270 e. The molecule has 0 aromatic heterocycles. The average Bonchev–Trinajstić information content (AvgIpc) is 3.04. The molecule has 8 nitrogen and oxygen atoms in total. The molecular weight excluding hydrogens is 422 g/mol. The summed E-state index contributed by atoms with van der Waals surface area (Å²) in [7, 11) is 1.61. The van der Waals surface area contributed by atoms with Crippen LogP contribution in [0.2, 0.25) is 5.02 Å². The van der Waals surface area contributed by atoms with Gasteiger partial charge >= 0.3 is 0 Å². The fourth-order valence-corrected chi connectivity index (χ4v) is 3.73. The molecule has 1 fully saturated rings. The fourth-order valence-electron chi connectivity index (χ4n) is 3.53. The topological polar surface area (TPSA) is 93.0 Å². The van der Waals surface area contributed by atoms with Crippen molar-refractivity contribution in [3.63, 3.8) is 0 Å². The zero-order valence-corrected chi connectivity index (χ0v) is 18.0. The largest absolute Gasteiger partial charge is 0.497 e. The summed E-state index contributed by atoms with van der Waals surface area (Å²) in [6, 6.07) is 11.5. The van der Waals surface area contributed by atoms with Gasteiger partial charge in [0, 0.05) is 44.7 Å². The SMILES string of the molecule is COc1ccc(CCC(=O)N2CCCN(C(=O)c3cc([N+](=O)[O-])ccc3Cl)CC2)cc1. The Hall–Kier alpha value is -3.13. The van der Waals surface area contributed by atoms with Crippen LogP contribution in [-0.2, 0) is 11.2 Å². The summed E-state index contributed by atoms with van der Waals surface area (Å²) >= 11 is 6.11. The summed E-state index contributed by atoms with van der Waals surface area (Å²) in [5, 5.41) is 11.2. The molecule has 9 heteroatoms. The van der Waals surface area contributed by atoms with Crippen LogP contribution in [-0.4, -0.2) is 59.8 Å². The van der Waals surface area contributed by atoms with Gasteiger partial charge in [0.05, 0.1) is 22.6 Å².